The van der Waals surface area contributed by atoms with E-state index in [4.69, 9.17) is 4.74 Å². The molecule has 0 atom stereocenters. The first-order valence-electron chi connectivity index (χ1n) is 6.03. The second kappa shape index (κ2) is 5.93. The first-order valence-corrected chi connectivity index (χ1v) is 6.03. The number of rotatable bonds is 3. The fourth-order valence-electron chi connectivity index (χ4n) is 1.66. The van der Waals surface area contributed by atoms with Gasteiger partial charge in [-0.05, 0) is 35.4 Å². The Kier molecular flexibility index (Phi) is 4.05. The van der Waals surface area contributed by atoms with Crippen molar-refractivity contribution in [2.45, 2.75) is 6.92 Å². The molecule has 0 fully saturated rings. The van der Waals surface area contributed by atoms with Crippen molar-refractivity contribution in [2.75, 3.05) is 0 Å². The summed E-state index contributed by atoms with van der Waals surface area (Å²) in [5.74, 6) is -0.217. The molecule has 0 aliphatic rings. The van der Waals surface area contributed by atoms with Crippen LogP contribution in [0.2, 0.25) is 0 Å². The van der Waals surface area contributed by atoms with Crippen LogP contribution >= 0.6 is 0 Å². The number of hydrogen-bond acceptors (Lipinski definition) is 4. The highest BCUT2D eigenvalue weighted by molar-refractivity contribution is 5.73. The fraction of sp³-hybridized carbons (Fsp3) is 0.0625. The van der Waals surface area contributed by atoms with Gasteiger partial charge in [-0.1, -0.05) is 30.4 Å². The monoisotopic (exact) mass is 270 g/mol. The summed E-state index contributed by atoms with van der Waals surface area (Å²) in [6.07, 6.45) is 3.66. The minimum atomic E-state index is -0.479. The summed E-state index contributed by atoms with van der Waals surface area (Å²) in [5, 5.41) is 18.9. The van der Waals surface area contributed by atoms with Crippen LogP contribution in [0.25, 0.3) is 12.2 Å². The van der Waals surface area contributed by atoms with Crippen LogP contribution in [0.5, 0.6) is 17.2 Å². The standard InChI is InChI=1S/C16H14O4/c1-11(17)20-16-9-6-13(10-15(16)19)3-2-12-4-7-14(18)8-5-12/h2-10,18-19H,1H3. The first-order chi connectivity index (χ1) is 9.54. The normalized spacial score (nSPS) is 10.7. The quantitative estimate of drug-likeness (QED) is 0.510. The summed E-state index contributed by atoms with van der Waals surface area (Å²) in [4.78, 5) is 10.8. The van der Waals surface area contributed by atoms with Crippen molar-refractivity contribution < 1.29 is 19.7 Å². The SMILES string of the molecule is CC(=O)Oc1ccc(C=Cc2ccc(O)cc2)cc1O. The van der Waals surface area contributed by atoms with E-state index in [1.807, 2.05) is 12.2 Å². The van der Waals surface area contributed by atoms with Crippen LogP contribution in [0, 0.1) is 0 Å². The van der Waals surface area contributed by atoms with E-state index in [0.717, 1.165) is 11.1 Å². The molecule has 20 heavy (non-hydrogen) atoms. The summed E-state index contributed by atoms with van der Waals surface area (Å²) >= 11 is 0. The van der Waals surface area contributed by atoms with E-state index in [-0.39, 0.29) is 17.2 Å². The van der Waals surface area contributed by atoms with Crippen LogP contribution in [-0.4, -0.2) is 16.2 Å². The Morgan fingerprint density at radius 2 is 1.60 bits per heavy atom. The van der Waals surface area contributed by atoms with Gasteiger partial charge in [-0.15, -0.1) is 0 Å². The molecule has 102 valence electrons. The van der Waals surface area contributed by atoms with Crippen LogP contribution in [0.15, 0.2) is 42.5 Å². The number of carbonyl (C=O) groups is 1. The minimum Gasteiger partial charge on any atom is -0.508 e. The van der Waals surface area contributed by atoms with Crippen molar-refractivity contribution in [1.29, 1.82) is 0 Å². The molecule has 0 spiro atoms. The molecule has 0 amide bonds. The molecule has 4 nitrogen and oxygen atoms in total. The van der Waals surface area contributed by atoms with Crippen molar-refractivity contribution in [2.24, 2.45) is 0 Å². The van der Waals surface area contributed by atoms with Gasteiger partial charge in [0.15, 0.2) is 11.5 Å². The van der Waals surface area contributed by atoms with Crippen molar-refractivity contribution in [3.8, 4) is 17.2 Å². The molecular weight excluding hydrogens is 256 g/mol. The zero-order valence-corrected chi connectivity index (χ0v) is 10.9. The Morgan fingerprint density at radius 1 is 1.00 bits per heavy atom. The molecule has 0 aromatic heterocycles. The van der Waals surface area contributed by atoms with E-state index in [2.05, 4.69) is 0 Å². The number of aromatic hydroxyl groups is 2. The summed E-state index contributed by atoms with van der Waals surface area (Å²) in [6.45, 7) is 1.28. The maximum absolute atomic E-state index is 10.8. The lowest BCUT2D eigenvalue weighted by Gasteiger charge is -2.04. The van der Waals surface area contributed by atoms with E-state index < -0.39 is 5.97 Å². The highest BCUT2D eigenvalue weighted by Crippen LogP contribution is 2.27. The molecule has 0 radical (unpaired) electrons. The topological polar surface area (TPSA) is 66.8 Å². The Labute approximate surface area is 116 Å². The molecule has 0 aliphatic heterocycles. The number of phenolic OH excluding ortho intramolecular Hbond substituents is 2. The summed E-state index contributed by atoms with van der Waals surface area (Å²) < 4.78 is 4.84. The van der Waals surface area contributed by atoms with Crippen LogP contribution < -0.4 is 4.74 Å². The summed E-state index contributed by atoms with van der Waals surface area (Å²) in [6, 6.07) is 11.5. The molecule has 0 bridgehead atoms. The molecule has 0 saturated carbocycles. The molecule has 0 heterocycles. The highest BCUT2D eigenvalue weighted by atomic mass is 16.5. The van der Waals surface area contributed by atoms with Gasteiger partial charge < -0.3 is 14.9 Å². The average molecular weight is 270 g/mol. The third kappa shape index (κ3) is 3.62. The number of hydrogen-bond donors (Lipinski definition) is 2. The molecule has 0 unspecified atom stereocenters. The van der Waals surface area contributed by atoms with Crippen LogP contribution in [0.3, 0.4) is 0 Å². The predicted molar refractivity (Wildman–Crippen MR) is 76.5 cm³/mol. The highest BCUT2D eigenvalue weighted by Gasteiger charge is 2.04. The second-order valence-corrected chi connectivity index (χ2v) is 4.25. The van der Waals surface area contributed by atoms with Gasteiger partial charge in [0.1, 0.15) is 5.75 Å². The van der Waals surface area contributed by atoms with Gasteiger partial charge in [-0.2, -0.15) is 0 Å². The van der Waals surface area contributed by atoms with E-state index in [0.29, 0.717) is 0 Å². The number of benzene rings is 2. The number of carbonyl (C=O) groups excluding carboxylic acids is 1. The average Bonchev–Trinajstić information content (AvgIpc) is 2.40. The molecular formula is C16H14O4. The van der Waals surface area contributed by atoms with Crippen molar-refractivity contribution in [3.63, 3.8) is 0 Å². The van der Waals surface area contributed by atoms with Crippen molar-refractivity contribution in [3.05, 3.63) is 53.6 Å². The third-order valence-electron chi connectivity index (χ3n) is 2.60. The Bertz CT molecular complexity index is 642. The van der Waals surface area contributed by atoms with E-state index >= 15 is 0 Å². The lowest BCUT2D eigenvalue weighted by Crippen LogP contribution is -2.01. The minimum absolute atomic E-state index is 0.0898. The van der Waals surface area contributed by atoms with Crippen LogP contribution in [0.1, 0.15) is 18.1 Å². The van der Waals surface area contributed by atoms with Gasteiger partial charge in [0.05, 0.1) is 0 Å². The fourth-order valence-corrected chi connectivity index (χ4v) is 1.66. The molecule has 0 aliphatic carbocycles. The smallest absolute Gasteiger partial charge is 0.308 e. The van der Waals surface area contributed by atoms with Gasteiger partial charge >= 0.3 is 5.97 Å². The summed E-state index contributed by atoms with van der Waals surface area (Å²) in [7, 11) is 0. The largest absolute Gasteiger partial charge is 0.508 e. The molecule has 2 aromatic carbocycles. The maximum atomic E-state index is 10.8. The number of phenols is 2. The van der Waals surface area contributed by atoms with Gasteiger partial charge in [0, 0.05) is 6.92 Å². The zero-order chi connectivity index (χ0) is 14.5. The van der Waals surface area contributed by atoms with Gasteiger partial charge in [-0.3, -0.25) is 4.79 Å². The van der Waals surface area contributed by atoms with Gasteiger partial charge in [-0.25, -0.2) is 0 Å². The molecule has 2 aromatic rings. The molecule has 2 N–H and O–H groups in total. The molecule has 2 rings (SSSR count). The van der Waals surface area contributed by atoms with Crippen LogP contribution in [-0.2, 0) is 4.79 Å². The lowest BCUT2D eigenvalue weighted by atomic mass is 10.1. The van der Waals surface area contributed by atoms with Crippen molar-refractivity contribution >= 4 is 18.1 Å². The zero-order valence-electron chi connectivity index (χ0n) is 10.9. The van der Waals surface area contributed by atoms with Crippen LogP contribution in [0.4, 0.5) is 0 Å². The second-order valence-electron chi connectivity index (χ2n) is 4.25. The third-order valence-corrected chi connectivity index (χ3v) is 2.60. The van der Waals surface area contributed by atoms with E-state index in [9.17, 15) is 15.0 Å². The molecule has 4 heteroatoms. The Hall–Kier alpha value is -2.75. The Balaban J connectivity index is 2.15. The number of esters is 1. The van der Waals surface area contributed by atoms with E-state index in [1.165, 1.54) is 19.1 Å². The summed E-state index contributed by atoms with van der Waals surface area (Å²) in [5.41, 5.74) is 1.69. The lowest BCUT2D eigenvalue weighted by molar-refractivity contribution is -0.132. The predicted octanol–water partition coefficient (Wildman–Crippen LogP) is 3.19. The van der Waals surface area contributed by atoms with Gasteiger partial charge in [0.2, 0.25) is 0 Å². The van der Waals surface area contributed by atoms with E-state index in [1.54, 1.807) is 30.3 Å². The maximum Gasteiger partial charge on any atom is 0.308 e. The van der Waals surface area contributed by atoms with Gasteiger partial charge in [0.25, 0.3) is 0 Å². The van der Waals surface area contributed by atoms with Crippen molar-refractivity contribution in [1.82, 2.24) is 0 Å². The number of ether oxygens (including phenoxy) is 1. The molecule has 0 saturated heterocycles. The first kappa shape index (κ1) is 13.7. The Morgan fingerprint density at radius 3 is 2.20 bits per heavy atom.